The number of rotatable bonds is 6. The lowest BCUT2D eigenvalue weighted by atomic mass is 9.71. The van der Waals surface area contributed by atoms with Crippen molar-refractivity contribution in [2.45, 2.75) is 51.9 Å². The Bertz CT molecular complexity index is 364. The van der Waals surface area contributed by atoms with Crippen LogP contribution in [0.25, 0.3) is 0 Å². The van der Waals surface area contributed by atoms with Crippen molar-refractivity contribution in [3.05, 3.63) is 0 Å². The number of aliphatic carboxylic acids is 1. The van der Waals surface area contributed by atoms with Gasteiger partial charge in [-0.2, -0.15) is 0 Å². The van der Waals surface area contributed by atoms with Crippen molar-refractivity contribution in [1.29, 1.82) is 0 Å². The van der Waals surface area contributed by atoms with Crippen LogP contribution in [-0.2, 0) is 9.59 Å². The first kappa shape index (κ1) is 15.6. The normalized spacial score (nSPS) is 17.5. The molecule has 0 heterocycles. The van der Waals surface area contributed by atoms with E-state index in [1.165, 1.54) is 0 Å². The van der Waals surface area contributed by atoms with Crippen LogP contribution in [0.1, 0.15) is 51.9 Å². The van der Waals surface area contributed by atoms with E-state index in [2.05, 4.69) is 5.92 Å². The molecular formula is C15H23NO3. The van der Waals surface area contributed by atoms with E-state index in [0.717, 1.165) is 25.7 Å². The smallest absolute Gasteiger partial charge is 0.310 e. The van der Waals surface area contributed by atoms with E-state index in [-0.39, 0.29) is 18.9 Å². The lowest BCUT2D eigenvalue weighted by Gasteiger charge is -2.34. The van der Waals surface area contributed by atoms with E-state index in [0.29, 0.717) is 19.4 Å². The molecule has 1 aliphatic rings. The highest BCUT2D eigenvalue weighted by Crippen LogP contribution is 2.40. The first-order valence-electron chi connectivity index (χ1n) is 7.00. The molecule has 0 unspecified atom stereocenters. The summed E-state index contributed by atoms with van der Waals surface area (Å²) in [7, 11) is 0. The molecule has 106 valence electrons. The molecule has 1 aliphatic carbocycles. The first-order chi connectivity index (χ1) is 9.05. The van der Waals surface area contributed by atoms with Gasteiger partial charge in [-0.1, -0.05) is 32.1 Å². The predicted octanol–water partition coefficient (Wildman–Crippen LogP) is 2.28. The quantitative estimate of drug-likeness (QED) is 0.750. The molecule has 0 aromatic heterocycles. The van der Waals surface area contributed by atoms with Gasteiger partial charge in [-0.25, -0.2) is 0 Å². The Balaban J connectivity index is 2.75. The van der Waals surface area contributed by atoms with Crippen LogP contribution in [0.4, 0.5) is 0 Å². The van der Waals surface area contributed by atoms with Gasteiger partial charge >= 0.3 is 5.97 Å². The average Bonchev–Trinajstić information content (AvgIpc) is 2.39. The maximum absolute atomic E-state index is 12.3. The zero-order chi connectivity index (χ0) is 14.3. The van der Waals surface area contributed by atoms with Crippen LogP contribution in [0.2, 0.25) is 0 Å². The number of carbonyl (C=O) groups excluding carboxylic acids is 1. The fraction of sp³-hybridized carbons (Fsp3) is 0.733. The topological polar surface area (TPSA) is 57.6 Å². The fourth-order valence-electron chi connectivity index (χ4n) is 2.77. The highest BCUT2D eigenvalue weighted by Gasteiger charge is 2.42. The van der Waals surface area contributed by atoms with Crippen LogP contribution in [0.5, 0.6) is 0 Å². The Morgan fingerprint density at radius 2 is 1.95 bits per heavy atom. The molecular weight excluding hydrogens is 242 g/mol. The van der Waals surface area contributed by atoms with Gasteiger partial charge in [0.25, 0.3) is 0 Å². The van der Waals surface area contributed by atoms with E-state index in [9.17, 15) is 14.7 Å². The summed E-state index contributed by atoms with van der Waals surface area (Å²) in [6.45, 7) is 2.84. The van der Waals surface area contributed by atoms with Crippen molar-refractivity contribution in [3.8, 4) is 12.3 Å². The molecule has 0 aromatic carbocycles. The summed E-state index contributed by atoms with van der Waals surface area (Å²) in [6, 6.07) is 0. The Morgan fingerprint density at radius 3 is 2.42 bits per heavy atom. The van der Waals surface area contributed by atoms with Crippen molar-refractivity contribution in [3.63, 3.8) is 0 Å². The van der Waals surface area contributed by atoms with Crippen LogP contribution < -0.4 is 0 Å². The minimum atomic E-state index is -0.865. The number of hydrogen-bond acceptors (Lipinski definition) is 2. The first-order valence-corrected chi connectivity index (χ1v) is 7.00. The van der Waals surface area contributed by atoms with E-state index in [1.54, 1.807) is 4.90 Å². The summed E-state index contributed by atoms with van der Waals surface area (Å²) in [5, 5.41) is 9.47. The number of carboxylic acid groups (broad SMARTS) is 1. The second-order valence-electron chi connectivity index (χ2n) is 5.34. The van der Waals surface area contributed by atoms with Crippen LogP contribution in [-0.4, -0.2) is 35.0 Å². The van der Waals surface area contributed by atoms with Crippen LogP contribution in [0, 0.1) is 17.8 Å². The molecule has 0 bridgehead atoms. The van der Waals surface area contributed by atoms with Gasteiger partial charge in [0.15, 0.2) is 0 Å². The van der Waals surface area contributed by atoms with Crippen LogP contribution >= 0.6 is 0 Å². The maximum Gasteiger partial charge on any atom is 0.310 e. The average molecular weight is 265 g/mol. The Labute approximate surface area is 115 Å². The van der Waals surface area contributed by atoms with Gasteiger partial charge in [-0.05, 0) is 19.3 Å². The highest BCUT2D eigenvalue weighted by molar-refractivity contribution is 5.85. The molecule has 0 saturated heterocycles. The zero-order valence-electron chi connectivity index (χ0n) is 11.7. The summed E-state index contributed by atoms with van der Waals surface area (Å²) in [5.41, 5.74) is -0.865. The number of nitrogens with zero attached hydrogens (tertiary/aromatic N) is 1. The summed E-state index contributed by atoms with van der Waals surface area (Å²) >= 11 is 0. The second kappa shape index (κ2) is 7.18. The van der Waals surface area contributed by atoms with Gasteiger partial charge in [0.05, 0.1) is 12.0 Å². The monoisotopic (exact) mass is 265 g/mol. The molecule has 4 nitrogen and oxygen atoms in total. The summed E-state index contributed by atoms with van der Waals surface area (Å²) < 4.78 is 0. The molecule has 19 heavy (non-hydrogen) atoms. The summed E-state index contributed by atoms with van der Waals surface area (Å²) in [4.78, 5) is 25.4. The number of carboxylic acids is 1. The van der Waals surface area contributed by atoms with E-state index in [4.69, 9.17) is 6.42 Å². The molecule has 0 aromatic rings. The van der Waals surface area contributed by atoms with Crippen molar-refractivity contribution < 1.29 is 14.7 Å². The van der Waals surface area contributed by atoms with Gasteiger partial charge in [-0.3, -0.25) is 9.59 Å². The second-order valence-corrected chi connectivity index (χ2v) is 5.34. The predicted molar refractivity (Wildman–Crippen MR) is 73.5 cm³/mol. The van der Waals surface area contributed by atoms with Gasteiger partial charge in [-0.15, -0.1) is 6.42 Å². The van der Waals surface area contributed by atoms with Crippen LogP contribution in [0.15, 0.2) is 0 Å². The van der Waals surface area contributed by atoms with Gasteiger partial charge in [0.2, 0.25) is 5.91 Å². The fourth-order valence-corrected chi connectivity index (χ4v) is 2.77. The summed E-state index contributed by atoms with van der Waals surface area (Å²) in [6.07, 6.45) is 10.2. The highest BCUT2D eigenvalue weighted by atomic mass is 16.4. The van der Waals surface area contributed by atoms with Gasteiger partial charge < -0.3 is 10.0 Å². The van der Waals surface area contributed by atoms with Crippen molar-refractivity contribution in [1.82, 2.24) is 4.90 Å². The van der Waals surface area contributed by atoms with Gasteiger partial charge in [0, 0.05) is 13.0 Å². The number of hydrogen-bond donors (Lipinski definition) is 1. The Morgan fingerprint density at radius 1 is 1.32 bits per heavy atom. The molecule has 1 saturated carbocycles. The van der Waals surface area contributed by atoms with E-state index < -0.39 is 11.4 Å². The van der Waals surface area contributed by atoms with Crippen molar-refractivity contribution in [2.24, 2.45) is 5.41 Å². The lowest BCUT2D eigenvalue weighted by molar-refractivity contribution is -0.155. The molecule has 0 atom stereocenters. The lowest BCUT2D eigenvalue weighted by Crippen LogP contribution is -2.41. The third-order valence-corrected chi connectivity index (χ3v) is 3.88. The minimum Gasteiger partial charge on any atom is -0.481 e. The molecule has 0 spiro atoms. The van der Waals surface area contributed by atoms with Crippen molar-refractivity contribution in [2.75, 3.05) is 13.1 Å². The molecule has 1 N–H and O–H groups in total. The molecule has 1 rings (SSSR count). The molecule has 1 fully saturated rings. The van der Waals surface area contributed by atoms with Gasteiger partial charge in [0.1, 0.15) is 0 Å². The molecule has 1 amide bonds. The van der Waals surface area contributed by atoms with Crippen LogP contribution in [0.3, 0.4) is 0 Å². The summed E-state index contributed by atoms with van der Waals surface area (Å²) in [5.74, 6) is 1.51. The zero-order valence-corrected chi connectivity index (χ0v) is 11.7. The minimum absolute atomic E-state index is 0.0873. The third kappa shape index (κ3) is 3.99. The maximum atomic E-state index is 12.3. The standard InChI is InChI=1S/C15H23NO3/c1-3-10-16(11-4-2)13(17)12-15(14(18)19)8-6-5-7-9-15/h1H,4-12H2,2H3,(H,18,19). The molecule has 4 heteroatoms. The molecule has 0 radical (unpaired) electrons. The third-order valence-electron chi connectivity index (χ3n) is 3.88. The number of amides is 1. The number of carbonyl (C=O) groups is 2. The van der Waals surface area contributed by atoms with E-state index in [1.807, 2.05) is 6.92 Å². The number of terminal acetylenes is 1. The Hall–Kier alpha value is -1.50. The van der Waals surface area contributed by atoms with Crippen molar-refractivity contribution >= 4 is 11.9 Å². The van der Waals surface area contributed by atoms with E-state index >= 15 is 0 Å². The SMILES string of the molecule is C#CCN(CCC)C(=O)CC1(C(=O)O)CCCCC1. The molecule has 0 aliphatic heterocycles. The largest absolute Gasteiger partial charge is 0.481 e. The Kier molecular flexibility index (Phi) is 5.88.